The van der Waals surface area contributed by atoms with Gasteiger partial charge in [-0.05, 0) is 18.2 Å². The Hall–Kier alpha value is -1.27. The molecule has 6 heteroatoms. The van der Waals surface area contributed by atoms with E-state index in [0.717, 1.165) is 12.1 Å². The molecule has 1 rings (SSSR count). The predicted octanol–water partition coefficient (Wildman–Crippen LogP) is 1.25. The molecule has 1 aromatic heterocycles. The van der Waals surface area contributed by atoms with E-state index in [1.807, 2.05) is 13.0 Å². The first kappa shape index (κ1) is 14.8. The van der Waals surface area contributed by atoms with Crippen LogP contribution in [0.1, 0.15) is 12.5 Å². The van der Waals surface area contributed by atoms with Gasteiger partial charge in [0.15, 0.2) is 0 Å². The zero-order valence-electron chi connectivity index (χ0n) is 10.4. The van der Waals surface area contributed by atoms with Crippen molar-refractivity contribution in [2.24, 2.45) is 0 Å². The summed E-state index contributed by atoms with van der Waals surface area (Å²) in [6.45, 7) is 3.15. The largest absolute Gasteiger partial charge is 0.395 e. The lowest BCUT2D eigenvalue weighted by atomic mass is 10.2. The van der Waals surface area contributed by atoms with Crippen molar-refractivity contribution in [1.29, 1.82) is 0 Å². The molecule has 0 aliphatic carbocycles. The lowest BCUT2D eigenvalue weighted by Crippen LogP contribution is -2.32. The molecule has 0 fully saturated rings. The third-order valence-corrected chi connectivity index (χ3v) is 2.44. The van der Waals surface area contributed by atoms with E-state index in [1.165, 1.54) is 4.90 Å². The number of rotatable bonds is 8. The fraction of sp³-hybridized carbons (Fsp3) is 0.583. The summed E-state index contributed by atoms with van der Waals surface area (Å²) in [6, 6.07) is 3.55. The summed E-state index contributed by atoms with van der Waals surface area (Å²) in [5.41, 5.74) is 1.00. The average molecular weight is 259 g/mol. The van der Waals surface area contributed by atoms with Crippen molar-refractivity contribution >= 4 is 5.82 Å². The van der Waals surface area contributed by atoms with Gasteiger partial charge < -0.3 is 15.3 Å². The van der Waals surface area contributed by atoms with E-state index in [0.29, 0.717) is 12.4 Å². The minimum Gasteiger partial charge on any atom is -0.395 e. The number of alkyl halides is 2. The first-order chi connectivity index (χ1) is 8.67. The number of pyridine rings is 1. The molecule has 0 saturated heterocycles. The van der Waals surface area contributed by atoms with E-state index in [4.69, 9.17) is 5.11 Å². The van der Waals surface area contributed by atoms with Crippen molar-refractivity contribution in [2.45, 2.75) is 19.9 Å². The Labute approximate surface area is 106 Å². The van der Waals surface area contributed by atoms with Crippen LogP contribution in [-0.4, -0.2) is 42.8 Å². The molecule has 0 aromatic carbocycles. The van der Waals surface area contributed by atoms with Crippen molar-refractivity contribution in [3.8, 4) is 0 Å². The molecule has 0 atom stereocenters. The number of anilines is 1. The molecule has 18 heavy (non-hydrogen) atoms. The van der Waals surface area contributed by atoms with Gasteiger partial charge in [0, 0.05) is 19.3 Å². The van der Waals surface area contributed by atoms with Crippen LogP contribution in [0.3, 0.4) is 0 Å². The Morgan fingerprint density at radius 1 is 1.44 bits per heavy atom. The zero-order chi connectivity index (χ0) is 13.4. The maximum Gasteiger partial charge on any atom is 0.255 e. The van der Waals surface area contributed by atoms with Crippen LogP contribution >= 0.6 is 0 Å². The van der Waals surface area contributed by atoms with Gasteiger partial charge in [-0.1, -0.05) is 13.0 Å². The van der Waals surface area contributed by atoms with Crippen molar-refractivity contribution in [3.63, 3.8) is 0 Å². The number of nitrogens with zero attached hydrogens (tertiary/aromatic N) is 2. The van der Waals surface area contributed by atoms with E-state index in [9.17, 15) is 8.78 Å². The normalized spacial score (nSPS) is 10.9. The number of aliphatic hydroxyl groups is 1. The molecule has 0 bridgehead atoms. The second kappa shape index (κ2) is 7.94. The monoisotopic (exact) mass is 259 g/mol. The van der Waals surface area contributed by atoms with Crippen LogP contribution in [0.5, 0.6) is 0 Å². The van der Waals surface area contributed by atoms with Gasteiger partial charge in [-0.3, -0.25) is 0 Å². The maximum atomic E-state index is 12.4. The molecule has 1 aromatic rings. The van der Waals surface area contributed by atoms with Crippen LogP contribution in [-0.2, 0) is 6.54 Å². The summed E-state index contributed by atoms with van der Waals surface area (Å²) in [5.74, 6) is 0.463. The lowest BCUT2D eigenvalue weighted by molar-refractivity contribution is 0.152. The predicted molar refractivity (Wildman–Crippen MR) is 66.9 cm³/mol. The second-order valence-electron chi connectivity index (χ2n) is 3.87. The molecule has 0 amide bonds. The van der Waals surface area contributed by atoms with E-state index < -0.39 is 13.0 Å². The maximum absolute atomic E-state index is 12.4. The molecule has 0 saturated carbocycles. The number of aromatic nitrogens is 1. The topological polar surface area (TPSA) is 48.4 Å². The summed E-state index contributed by atoms with van der Waals surface area (Å²) in [5, 5.41) is 12.0. The molecular formula is C12H19F2N3O. The molecule has 102 valence electrons. The lowest BCUT2D eigenvalue weighted by Gasteiger charge is -2.22. The van der Waals surface area contributed by atoms with Crippen LogP contribution in [0.25, 0.3) is 0 Å². The third kappa shape index (κ3) is 4.93. The minimum atomic E-state index is -2.44. The average Bonchev–Trinajstić information content (AvgIpc) is 2.36. The third-order valence-electron chi connectivity index (χ3n) is 2.44. The summed E-state index contributed by atoms with van der Waals surface area (Å²) in [7, 11) is 0. The Bertz CT molecular complexity index is 333. The van der Waals surface area contributed by atoms with Crippen LogP contribution in [0, 0.1) is 0 Å². The van der Waals surface area contributed by atoms with Gasteiger partial charge in [0.05, 0.1) is 13.2 Å². The Morgan fingerprint density at radius 3 is 2.72 bits per heavy atom. The molecule has 0 aliphatic rings. The number of hydrogen-bond donors (Lipinski definition) is 2. The number of aliphatic hydroxyl groups excluding tert-OH is 1. The highest BCUT2D eigenvalue weighted by atomic mass is 19.3. The molecule has 0 spiro atoms. The van der Waals surface area contributed by atoms with E-state index in [-0.39, 0.29) is 13.2 Å². The van der Waals surface area contributed by atoms with Crippen LogP contribution in [0.4, 0.5) is 14.6 Å². The van der Waals surface area contributed by atoms with Crippen molar-refractivity contribution in [3.05, 3.63) is 23.9 Å². The first-order valence-corrected chi connectivity index (χ1v) is 5.97. The fourth-order valence-electron chi connectivity index (χ4n) is 1.56. The molecule has 0 aliphatic heterocycles. The molecular weight excluding hydrogens is 240 g/mol. The first-order valence-electron chi connectivity index (χ1n) is 5.97. The number of halogens is 2. The Balaban J connectivity index is 2.67. The number of hydrogen-bond acceptors (Lipinski definition) is 4. The van der Waals surface area contributed by atoms with Crippen molar-refractivity contribution in [1.82, 2.24) is 10.3 Å². The summed E-state index contributed by atoms with van der Waals surface area (Å²) < 4.78 is 24.8. The van der Waals surface area contributed by atoms with Gasteiger partial charge >= 0.3 is 0 Å². The zero-order valence-corrected chi connectivity index (χ0v) is 10.4. The molecule has 2 N–H and O–H groups in total. The summed E-state index contributed by atoms with van der Waals surface area (Å²) in [4.78, 5) is 5.52. The second-order valence-corrected chi connectivity index (χ2v) is 3.87. The highest BCUT2D eigenvalue weighted by Crippen LogP contribution is 2.12. The quantitative estimate of drug-likeness (QED) is 0.738. The highest BCUT2D eigenvalue weighted by Gasteiger charge is 2.13. The molecule has 4 nitrogen and oxygen atoms in total. The van der Waals surface area contributed by atoms with Gasteiger partial charge in [-0.15, -0.1) is 0 Å². The van der Waals surface area contributed by atoms with Crippen molar-refractivity contribution < 1.29 is 13.9 Å². The fourth-order valence-corrected chi connectivity index (χ4v) is 1.56. The molecule has 0 unspecified atom stereocenters. The van der Waals surface area contributed by atoms with E-state index >= 15 is 0 Å². The number of nitrogens with one attached hydrogen (secondary N) is 1. The van der Waals surface area contributed by atoms with Gasteiger partial charge in [0.25, 0.3) is 6.43 Å². The van der Waals surface area contributed by atoms with Crippen molar-refractivity contribution in [2.75, 3.05) is 31.1 Å². The highest BCUT2D eigenvalue weighted by molar-refractivity contribution is 5.39. The molecule has 1 heterocycles. The van der Waals surface area contributed by atoms with E-state index in [2.05, 4.69) is 10.3 Å². The minimum absolute atomic E-state index is 0.157. The van der Waals surface area contributed by atoms with Crippen LogP contribution < -0.4 is 10.2 Å². The van der Waals surface area contributed by atoms with E-state index in [1.54, 1.807) is 12.3 Å². The molecule has 0 radical (unpaired) electrons. The van der Waals surface area contributed by atoms with Gasteiger partial charge in [-0.2, -0.15) is 0 Å². The Morgan fingerprint density at radius 2 is 2.22 bits per heavy atom. The standard InChI is InChI=1S/C12H19F2N3O/c1-2-15-7-10-3-4-12(16-8-10)17(5-6-18)9-11(13)14/h3-4,8,11,15,18H,2,5-7,9H2,1H3. The van der Waals surface area contributed by atoms with Gasteiger partial charge in [-0.25, -0.2) is 13.8 Å². The van der Waals surface area contributed by atoms with Crippen LogP contribution in [0.15, 0.2) is 18.3 Å². The Kier molecular flexibility index (Phi) is 6.53. The summed E-state index contributed by atoms with van der Waals surface area (Å²) >= 11 is 0. The van der Waals surface area contributed by atoms with Gasteiger partial charge in [0.1, 0.15) is 5.82 Å². The van der Waals surface area contributed by atoms with Crippen LogP contribution in [0.2, 0.25) is 0 Å². The SMILES string of the molecule is CCNCc1ccc(N(CCO)CC(F)F)nc1. The van der Waals surface area contributed by atoms with Gasteiger partial charge in [0.2, 0.25) is 0 Å². The smallest absolute Gasteiger partial charge is 0.255 e. The summed E-state index contributed by atoms with van der Waals surface area (Å²) in [6.07, 6.45) is -0.784.